The third kappa shape index (κ3) is 15.5. The zero-order chi connectivity index (χ0) is 49.5. The maximum atomic E-state index is 14.1. The van der Waals surface area contributed by atoms with Gasteiger partial charge in [-0.15, -0.1) is 11.3 Å². The van der Waals surface area contributed by atoms with Crippen molar-refractivity contribution in [1.82, 2.24) is 40.7 Å². The molecule has 9 N–H and O–H groups in total. The van der Waals surface area contributed by atoms with Crippen LogP contribution in [0.25, 0.3) is 21.0 Å². The van der Waals surface area contributed by atoms with Gasteiger partial charge in [-0.1, -0.05) is 31.1 Å². The van der Waals surface area contributed by atoms with E-state index in [1.54, 1.807) is 17.0 Å². The summed E-state index contributed by atoms with van der Waals surface area (Å²) in [6, 6.07) is 4.52. The van der Waals surface area contributed by atoms with Gasteiger partial charge in [-0.2, -0.15) is 0 Å². The van der Waals surface area contributed by atoms with Crippen LogP contribution in [0, 0.1) is 5.92 Å². The van der Waals surface area contributed by atoms with Crippen molar-refractivity contribution >= 4 is 71.0 Å². The number of carbonyl (C=O) groups excluding carboxylic acids is 6. The molecule has 23 nitrogen and oxygen atoms in total. The van der Waals surface area contributed by atoms with Crippen LogP contribution in [0.3, 0.4) is 0 Å². The molecule has 1 aromatic carbocycles. The van der Waals surface area contributed by atoms with Gasteiger partial charge in [0.15, 0.2) is 10.8 Å². The average molecular weight is 987 g/mol. The molecule has 3 aromatic heterocycles. The molecule has 0 saturated carbocycles. The number of aliphatic hydroxyl groups excluding tert-OH is 1. The number of aryl methyl sites for hydroxylation is 1. The fourth-order valence-corrected chi connectivity index (χ4v) is 8.98. The Morgan fingerprint density at radius 2 is 1.71 bits per heavy atom. The number of likely N-dealkylation sites (tertiary alicyclic amines) is 1. The average Bonchev–Trinajstić information content (AvgIpc) is 4.11. The van der Waals surface area contributed by atoms with Gasteiger partial charge in [0.1, 0.15) is 48.8 Å². The van der Waals surface area contributed by atoms with E-state index in [0.29, 0.717) is 69.0 Å². The second-order valence-electron chi connectivity index (χ2n) is 16.7. The molecule has 1 saturated heterocycles. The fraction of sp³-hybridized carbons (Fsp3) is 0.512. The van der Waals surface area contributed by atoms with Gasteiger partial charge >= 0.3 is 7.82 Å². The lowest BCUT2D eigenvalue weighted by atomic mass is 10.0. The Bertz CT molecular complexity index is 2420. The van der Waals surface area contributed by atoms with E-state index in [4.69, 9.17) is 15.0 Å². The number of rotatable bonds is 26. The number of unbranched alkanes of at least 4 members (excludes halogenated alkanes) is 2. The first-order valence-corrected chi connectivity index (χ1v) is 24.4. The normalized spacial score (nSPS) is 16.3. The Hall–Kier alpha value is -6.04. The van der Waals surface area contributed by atoms with Gasteiger partial charge in [0.25, 0.3) is 0 Å². The van der Waals surface area contributed by atoms with Crippen molar-refractivity contribution in [1.29, 1.82) is 0 Å². The number of fused-ring (bicyclic) bond motifs is 1. The molecule has 0 bridgehead atoms. The summed E-state index contributed by atoms with van der Waals surface area (Å²) in [5.41, 5.74) is 6.76. The minimum Gasteiger partial charge on any atom is -0.452 e. The first-order chi connectivity index (χ1) is 32.3. The van der Waals surface area contributed by atoms with Crippen molar-refractivity contribution in [3.05, 3.63) is 60.4 Å². The van der Waals surface area contributed by atoms with Gasteiger partial charge in [-0.3, -0.25) is 33.3 Å². The monoisotopic (exact) mass is 986 g/mol. The molecule has 4 aromatic rings. The highest BCUT2D eigenvalue weighted by Crippen LogP contribution is 2.38. The standard InChI is InChI=1S/C43H59N10O13PS/c1-25(2)19-31(48-42(60)34-12-10-17-53(34)27(4)55)39(57)47-32(40(58)49-33(23-54)41(59)51-37(38(44)56)26(3)66-67(61,62)63)20-28-21-45-24-52(28)16-8-5-9-18-64-46-22-29-14-15-35(65-29)43-50-30-11-6-7-13-36(30)68-43/h6-7,11,13-15,21-22,24-26,31-34,37,54H,5,8-10,12,16-20,23H2,1-4H3,(H2,44,56)(H,47,57)(H,48,60)(H,49,58)(H,51,59)(H2,61,62,63)/b46-22+/t26-,31+,32+,33+,34+,37+/m1/s1. The number of benzene rings is 1. The molecule has 1 fully saturated rings. The number of aromatic nitrogens is 3. The number of phosphoric ester groups is 1. The van der Waals surface area contributed by atoms with Crippen LogP contribution in [0.4, 0.5) is 0 Å². The predicted octanol–water partition coefficient (Wildman–Crippen LogP) is 1.49. The molecule has 68 heavy (non-hydrogen) atoms. The van der Waals surface area contributed by atoms with Crippen LogP contribution in [0.5, 0.6) is 0 Å². The summed E-state index contributed by atoms with van der Waals surface area (Å²) in [7, 11) is -5.13. The third-order valence-electron chi connectivity index (χ3n) is 10.9. The Balaban J connectivity index is 1.22. The molecule has 4 heterocycles. The van der Waals surface area contributed by atoms with Gasteiger partial charge in [0.05, 0.1) is 29.3 Å². The van der Waals surface area contributed by atoms with E-state index in [0.717, 1.165) is 22.1 Å². The number of hydrogen-bond acceptors (Lipinski definition) is 15. The number of thiazole rings is 1. The SMILES string of the molecule is CC(=O)N1CCC[C@H]1C(=O)N[C@@H](CC(C)C)C(=O)N[C@@H](Cc1cncn1CCCCCO/N=C/c1ccc(-c2nc3ccccc3s2)o1)C(=O)N[C@@H](CO)C(=O)N[C@H](C(N)=O)[C@@H](C)OP(=O)(O)O. The molecular weight excluding hydrogens is 928 g/mol. The number of nitrogens with zero attached hydrogens (tertiary/aromatic N) is 5. The van der Waals surface area contributed by atoms with Crippen LogP contribution < -0.4 is 27.0 Å². The number of furan rings is 1. The molecule has 1 aliphatic heterocycles. The van der Waals surface area contributed by atoms with Crippen LogP contribution in [0.15, 0.2) is 58.5 Å². The highest BCUT2D eigenvalue weighted by Gasteiger charge is 2.37. The lowest BCUT2D eigenvalue weighted by molar-refractivity contribution is -0.139. The Labute approximate surface area is 395 Å². The van der Waals surface area contributed by atoms with E-state index in [9.17, 15) is 48.2 Å². The first-order valence-electron chi connectivity index (χ1n) is 22.1. The van der Waals surface area contributed by atoms with Gasteiger partial charge in [-0.25, -0.2) is 14.5 Å². The Morgan fingerprint density at radius 3 is 2.40 bits per heavy atom. The summed E-state index contributed by atoms with van der Waals surface area (Å²) in [6.45, 7) is 6.25. The maximum absolute atomic E-state index is 14.1. The molecule has 0 aliphatic carbocycles. The van der Waals surface area contributed by atoms with Crippen molar-refractivity contribution in [3.8, 4) is 10.8 Å². The Morgan fingerprint density at radius 1 is 0.985 bits per heavy atom. The predicted molar refractivity (Wildman–Crippen MR) is 247 cm³/mol. The number of hydrogen-bond donors (Lipinski definition) is 8. The van der Waals surface area contributed by atoms with Crippen LogP contribution in [0.1, 0.15) is 77.7 Å². The quantitative estimate of drug-likeness (QED) is 0.0191. The van der Waals surface area contributed by atoms with E-state index >= 15 is 0 Å². The van der Waals surface area contributed by atoms with E-state index in [1.807, 2.05) is 44.2 Å². The van der Waals surface area contributed by atoms with Gasteiger partial charge in [0.2, 0.25) is 35.4 Å². The third-order valence-corrected chi connectivity index (χ3v) is 12.5. The molecule has 25 heteroatoms. The zero-order valence-electron chi connectivity index (χ0n) is 38.1. The van der Waals surface area contributed by atoms with E-state index in [2.05, 4.69) is 40.9 Å². The highest BCUT2D eigenvalue weighted by atomic mass is 32.1. The number of aliphatic hydroxyl groups is 1. The van der Waals surface area contributed by atoms with Gasteiger partial charge in [0, 0.05) is 38.3 Å². The lowest BCUT2D eigenvalue weighted by Crippen LogP contribution is -2.61. The van der Waals surface area contributed by atoms with Crippen molar-refractivity contribution < 1.29 is 62.0 Å². The number of oxime groups is 1. The largest absolute Gasteiger partial charge is 0.469 e. The van der Waals surface area contributed by atoms with Crippen molar-refractivity contribution in [3.63, 3.8) is 0 Å². The zero-order valence-corrected chi connectivity index (χ0v) is 39.8. The smallest absolute Gasteiger partial charge is 0.452 e. The summed E-state index contributed by atoms with van der Waals surface area (Å²) in [4.78, 5) is 113. The number of phosphoric acid groups is 1. The van der Waals surface area contributed by atoms with Crippen LogP contribution in [-0.4, -0.2) is 132 Å². The molecular formula is C43H59N10O13PS. The molecule has 0 spiro atoms. The molecule has 6 amide bonds. The van der Waals surface area contributed by atoms with Gasteiger partial charge in [-0.05, 0) is 75.6 Å². The second kappa shape index (κ2) is 24.8. The highest BCUT2D eigenvalue weighted by molar-refractivity contribution is 7.46. The van der Waals surface area contributed by atoms with Crippen LogP contribution in [0.2, 0.25) is 0 Å². The topological polar surface area (TPSA) is 332 Å². The molecule has 1 aliphatic rings. The Kier molecular flexibility index (Phi) is 19.3. The summed E-state index contributed by atoms with van der Waals surface area (Å²) < 4.78 is 24.6. The van der Waals surface area contributed by atoms with Crippen molar-refractivity contribution in [2.45, 2.75) is 115 Å². The van der Waals surface area contributed by atoms with Crippen molar-refractivity contribution in [2.24, 2.45) is 16.8 Å². The number of para-hydroxylation sites is 1. The van der Waals surface area contributed by atoms with E-state index in [-0.39, 0.29) is 24.7 Å². The fourth-order valence-electron chi connectivity index (χ4n) is 7.50. The van der Waals surface area contributed by atoms with Gasteiger partial charge < -0.3 is 60.6 Å². The number of nitrogens with two attached hydrogens (primary N) is 1. The molecule has 6 atom stereocenters. The number of carbonyl (C=O) groups is 6. The molecule has 0 radical (unpaired) electrons. The van der Waals surface area contributed by atoms with Crippen LogP contribution >= 0.6 is 19.2 Å². The van der Waals surface area contributed by atoms with Crippen molar-refractivity contribution in [2.75, 3.05) is 19.8 Å². The minimum absolute atomic E-state index is 0.109. The summed E-state index contributed by atoms with van der Waals surface area (Å²) in [6.07, 6.45) is 5.92. The first kappa shape index (κ1) is 52.9. The molecule has 5 rings (SSSR count). The summed E-state index contributed by atoms with van der Waals surface area (Å²) >= 11 is 1.53. The summed E-state index contributed by atoms with van der Waals surface area (Å²) in [5, 5.41) is 24.9. The number of nitrogens with one attached hydrogen (secondary N) is 4. The molecule has 370 valence electrons. The van der Waals surface area contributed by atoms with E-state index < -0.39 is 80.3 Å². The molecule has 0 unspecified atom stereocenters. The number of amides is 6. The number of imidazole rings is 1. The summed E-state index contributed by atoms with van der Waals surface area (Å²) in [5.74, 6) is -3.88. The lowest BCUT2D eigenvalue weighted by Gasteiger charge is -2.28. The van der Waals surface area contributed by atoms with E-state index in [1.165, 1.54) is 35.6 Å². The minimum atomic E-state index is -5.13. The van der Waals surface area contributed by atoms with Crippen LogP contribution in [-0.2, 0) is 55.7 Å². The second-order valence-corrected chi connectivity index (χ2v) is 18.9. The number of primary amides is 1. The maximum Gasteiger partial charge on any atom is 0.469 e.